The van der Waals surface area contributed by atoms with Gasteiger partial charge in [0.25, 0.3) is 0 Å². The Balaban J connectivity index is 2.24. The van der Waals surface area contributed by atoms with Crippen LogP contribution in [0.3, 0.4) is 0 Å². The normalized spacial score (nSPS) is 17.3. The average Bonchev–Trinajstić information content (AvgIpc) is 2.88. The Labute approximate surface area is 122 Å². The summed E-state index contributed by atoms with van der Waals surface area (Å²) in [6.45, 7) is 0.719. The fourth-order valence-corrected chi connectivity index (χ4v) is 2.87. The Kier molecular flexibility index (Phi) is 3.39. The number of nitrogens with zero attached hydrogens (tertiary/aromatic N) is 2. The lowest BCUT2D eigenvalue weighted by Gasteiger charge is -2.23. The predicted molar refractivity (Wildman–Crippen MR) is 77.3 cm³/mol. The number of methoxy groups -OCH3 is 1. The van der Waals surface area contributed by atoms with Crippen molar-refractivity contribution >= 4 is 5.97 Å². The van der Waals surface area contributed by atoms with Gasteiger partial charge in [-0.15, -0.1) is 0 Å². The largest absolute Gasteiger partial charge is 0.496 e. The van der Waals surface area contributed by atoms with Crippen LogP contribution in [0.25, 0.3) is 11.4 Å². The van der Waals surface area contributed by atoms with E-state index in [1.807, 2.05) is 28.8 Å². The highest BCUT2D eigenvalue weighted by Crippen LogP contribution is 2.35. The van der Waals surface area contributed by atoms with Crippen molar-refractivity contribution in [1.29, 1.82) is 0 Å². The van der Waals surface area contributed by atoms with Gasteiger partial charge >= 0.3 is 5.97 Å². The van der Waals surface area contributed by atoms with Gasteiger partial charge < -0.3 is 20.1 Å². The van der Waals surface area contributed by atoms with E-state index in [1.54, 1.807) is 7.11 Å². The number of ether oxygens (including phenoxy) is 1. The van der Waals surface area contributed by atoms with E-state index in [9.17, 15) is 9.90 Å². The Bertz CT molecular complexity index is 693. The third kappa shape index (κ3) is 2.17. The van der Waals surface area contributed by atoms with E-state index < -0.39 is 5.97 Å². The first-order valence-corrected chi connectivity index (χ1v) is 6.86. The van der Waals surface area contributed by atoms with Gasteiger partial charge in [-0.05, 0) is 25.0 Å². The molecule has 1 aromatic carbocycles. The van der Waals surface area contributed by atoms with Crippen molar-refractivity contribution in [3.63, 3.8) is 0 Å². The number of carboxylic acid groups (broad SMARTS) is 1. The molecule has 6 nitrogen and oxygen atoms in total. The molecule has 110 valence electrons. The zero-order valence-corrected chi connectivity index (χ0v) is 11.7. The molecule has 3 rings (SSSR count). The minimum atomic E-state index is -1.04. The van der Waals surface area contributed by atoms with Crippen LogP contribution in [-0.2, 0) is 6.54 Å². The van der Waals surface area contributed by atoms with Gasteiger partial charge in [0.1, 0.15) is 11.6 Å². The number of hydrogen-bond acceptors (Lipinski definition) is 4. The summed E-state index contributed by atoms with van der Waals surface area (Å²) < 4.78 is 7.27. The Hall–Kier alpha value is -2.34. The summed E-state index contributed by atoms with van der Waals surface area (Å²) in [7, 11) is 1.59. The molecular formula is C15H17N3O3. The van der Waals surface area contributed by atoms with Crippen molar-refractivity contribution in [2.75, 3.05) is 7.11 Å². The van der Waals surface area contributed by atoms with Crippen molar-refractivity contribution in [3.8, 4) is 17.1 Å². The molecule has 1 aliphatic heterocycles. The Morgan fingerprint density at radius 2 is 2.24 bits per heavy atom. The average molecular weight is 287 g/mol. The smallest absolute Gasteiger partial charge is 0.356 e. The van der Waals surface area contributed by atoms with Crippen LogP contribution in [0.1, 0.15) is 35.1 Å². The lowest BCUT2D eigenvalue weighted by molar-refractivity contribution is 0.0688. The molecule has 0 bridgehead atoms. The van der Waals surface area contributed by atoms with Gasteiger partial charge in [0.15, 0.2) is 5.69 Å². The van der Waals surface area contributed by atoms with Gasteiger partial charge in [-0.2, -0.15) is 0 Å². The number of nitrogens with two attached hydrogens (primary N) is 1. The number of fused-ring (bicyclic) bond motifs is 1. The van der Waals surface area contributed by atoms with E-state index in [2.05, 4.69) is 4.98 Å². The van der Waals surface area contributed by atoms with E-state index in [0.717, 1.165) is 24.9 Å². The molecule has 3 N–H and O–H groups in total. The maximum atomic E-state index is 11.5. The van der Waals surface area contributed by atoms with Crippen molar-refractivity contribution in [2.45, 2.75) is 25.4 Å². The fourth-order valence-electron chi connectivity index (χ4n) is 2.87. The molecule has 1 aromatic heterocycles. The highest BCUT2D eigenvalue weighted by molar-refractivity contribution is 5.88. The fraction of sp³-hybridized carbons (Fsp3) is 0.333. The summed E-state index contributed by atoms with van der Waals surface area (Å²) in [4.78, 5) is 15.8. The third-order valence-corrected chi connectivity index (χ3v) is 3.81. The standard InChI is InChI=1S/C15H17N3O3/c1-21-11-7-3-2-5-9(11)14-17-12(15(19)20)13-10(16)6-4-8-18(13)14/h2-3,5,7,10H,4,6,8,16H2,1H3,(H,19,20). The minimum absolute atomic E-state index is 0.0445. The van der Waals surface area contributed by atoms with Crippen LogP contribution < -0.4 is 10.5 Å². The summed E-state index contributed by atoms with van der Waals surface area (Å²) >= 11 is 0. The molecule has 0 spiro atoms. The number of aromatic carboxylic acids is 1. The van der Waals surface area contributed by atoms with E-state index >= 15 is 0 Å². The lowest BCUT2D eigenvalue weighted by Crippen LogP contribution is -2.24. The zero-order chi connectivity index (χ0) is 15.0. The molecule has 0 aliphatic carbocycles. The number of benzene rings is 1. The summed E-state index contributed by atoms with van der Waals surface area (Å²) in [6, 6.07) is 7.16. The first kappa shape index (κ1) is 13.6. The first-order chi connectivity index (χ1) is 10.1. The number of carboxylic acids is 1. The molecule has 1 atom stereocenters. The van der Waals surface area contributed by atoms with Gasteiger partial charge in [-0.3, -0.25) is 0 Å². The number of rotatable bonds is 3. The molecule has 0 saturated carbocycles. The second kappa shape index (κ2) is 5.21. The van der Waals surface area contributed by atoms with Gasteiger partial charge in [0.2, 0.25) is 0 Å². The molecule has 2 aromatic rings. The minimum Gasteiger partial charge on any atom is -0.496 e. The van der Waals surface area contributed by atoms with Crippen LogP contribution in [0.2, 0.25) is 0 Å². The highest BCUT2D eigenvalue weighted by atomic mass is 16.5. The van der Waals surface area contributed by atoms with Crippen LogP contribution in [-0.4, -0.2) is 27.7 Å². The van der Waals surface area contributed by atoms with Crippen LogP contribution in [0.15, 0.2) is 24.3 Å². The summed E-state index contributed by atoms with van der Waals surface area (Å²) in [6.07, 6.45) is 1.68. The van der Waals surface area contributed by atoms with E-state index in [-0.39, 0.29) is 11.7 Å². The van der Waals surface area contributed by atoms with E-state index in [0.29, 0.717) is 17.3 Å². The maximum Gasteiger partial charge on any atom is 0.356 e. The van der Waals surface area contributed by atoms with Crippen molar-refractivity contribution in [1.82, 2.24) is 9.55 Å². The molecule has 1 aliphatic rings. The van der Waals surface area contributed by atoms with Crippen molar-refractivity contribution in [3.05, 3.63) is 35.7 Å². The molecular weight excluding hydrogens is 270 g/mol. The summed E-state index contributed by atoms with van der Waals surface area (Å²) in [5.74, 6) is 0.230. The summed E-state index contributed by atoms with van der Waals surface area (Å²) in [5.41, 5.74) is 7.52. The molecule has 2 heterocycles. The quantitative estimate of drug-likeness (QED) is 0.901. The van der Waals surface area contributed by atoms with Gasteiger partial charge in [-0.1, -0.05) is 12.1 Å². The van der Waals surface area contributed by atoms with Crippen LogP contribution >= 0.6 is 0 Å². The van der Waals surface area contributed by atoms with Gasteiger partial charge in [-0.25, -0.2) is 9.78 Å². The second-order valence-electron chi connectivity index (χ2n) is 5.08. The van der Waals surface area contributed by atoms with Crippen molar-refractivity contribution < 1.29 is 14.6 Å². The number of carbonyl (C=O) groups is 1. The molecule has 1 unspecified atom stereocenters. The van der Waals surface area contributed by atoms with E-state index in [1.165, 1.54) is 0 Å². The van der Waals surface area contributed by atoms with Gasteiger partial charge in [0, 0.05) is 12.6 Å². The molecule has 0 radical (unpaired) electrons. The molecule has 21 heavy (non-hydrogen) atoms. The zero-order valence-electron chi connectivity index (χ0n) is 11.7. The highest BCUT2D eigenvalue weighted by Gasteiger charge is 2.30. The van der Waals surface area contributed by atoms with Crippen LogP contribution in [0.5, 0.6) is 5.75 Å². The number of imidazole rings is 1. The molecule has 0 saturated heterocycles. The summed E-state index contributed by atoms with van der Waals surface area (Å²) in [5, 5.41) is 9.38. The van der Waals surface area contributed by atoms with Crippen LogP contribution in [0.4, 0.5) is 0 Å². The third-order valence-electron chi connectivity index (χ3n) is 3.81. The maximum absolute atomic E-state index is 11.5. The molecule has 0 amide bonds. The number of para-hydroxylation sites is 1. The second-order valence-corrected chi connectivity index (χ2v) is 5.08. The topological polar surface area (TPSA) is 90.4 Å². The molecule has 6 heteroatoms. The van der Waals surface area contributed by atoms with Crippen LogP contribution in [0, 0.1) is 0 Å². The number of hydrogen-bond donors (Lipinski definition) is 2. The lowest BCUT2D eigenvalue weighted by atomic mass is 10.0. The predicted octanol–water partition coefficient (Wildman–Crippen LogP) is 2.05. The van der Waals surface area contributed by atoms with Crippen molar-refractivity contribution in [2.24, 2.45) is 5.73 Å². The Morgan fingerprint density at radius 1 is 1.48 bits per heavy atom. The first-order valence-electron chi connectivity index (χ1n) is 6.86. The van der Waals surface area contributed by atoms with E-state index in [4.69, 9.17) is 10.5 Å². The molecule has 0 fully saturated rings. The monoisotopic (exact) mass is 287 g/mol. The number of aromatic nitrogens is 2. The Morgan fingerprint density at radius 3 is 2.95 bits per heavy atom. The SMILES string of the molecule is COc1ccccc1-c1nc(C(=O)O)c2n1CCCC2N. The van der Waals surface area contributed by atoms with Gasteiger partial charge in [0.05, 0.1) is 18.4 Å².